The zero-order valence-electron chi connectivity index (χ0n) is 15.2. The summed E-state index contributed by atoms with van der Waals surface area (Å²) < 4.78 is 51.8. The molecule has 0 aromatic heterocycles. The molecule has 0 atom stereocenters. The van der Waals surface area contributed by atoms with Crippen molar-refractivity contribution >= 4 is 35.6 Å². The maximum Gasteiger partial charge on any atom is 0.573 e. The van der Waals surface area contributed by atoms with E-state index in [0.717, 1.165) is 5.56 Å². The second-order valence-corrected chi connectivity index (χ2v) is 5.36. The number of aliphatic imine (C=N–C) groups is 1. The molecule has 0 amide bonds. The van der Waals surface area contributed by atoms with Gasteiger partial charge < -0.3 is 25.3 Å². The molecular formula is C18H21F3IN3O3. The standard InChI is InChI=1S/C18H20F3N3O3.HI/c1-25-13-7-8-15(26-2)12(11-13)9-10-23-17(22)24-14-5-3-4-6-16(14)27-18(19,20)21;/h3-8,11H,9-10H2,1-2H3,(H3,22,23,24);1H. The van der Waals surface area contributed by atoms with Gasteiger partial charge in [-0.1, -0.05) is 12.1 Å². The Balaban J connectivity index is 0.00000392. The van der Waals surface area contributed by atoms with Crippen LogP contribution in [0.25, 0.3) is 0 Å². The van der Waals surface area contributed by atoms with E-state index in [1.807, 2.05) is 6.07 Å². The number of hydrogen-bond acceptors (Lipinski definition) is 4. The number of nitrogens with two attached hydrogens (primary N) is 1. The Labute approximate surface area is 177 Å². The predicted octanol–water partition coefficient (Wildman–Crippen LogP) is 4.19. The number of halogens is 4. The molecule has 10 heteroatoms. The van der Waals surface area contributed by atoms with Crippen LogP contribution in [0.2, 0.25) is 0 Å². The van der Waals surface area contributed by atoms with Crippen molar-refractivity contribution in [1.29, 1.82) is 0 Å². The number of methoxy groups -OCH3 is 2. The number of para-hydroxylation sites is 2. The summed E-state index contributed by atoms with van der Waals surface area (Å²) in [4.78, 5) is 4.13. The minimum atomic E-state index is -4.80. The zero-order chi connectivity index (χ0) is 19.9. The number of nitrogens with one attached hydrogen (secondary N) is 1. The summed E-state index contributed by atoms with van der Waals surface area (Å²) in [6, 6.07) is 11.0. The molecule has 28 heavy (non-hydrogen) atoms. The molecule has 154 valence electrons. The van der Waals surface area contributed by atoms with E-state index in [4.69, 9.17) is 15.2 Å². The molecule has 2 rings (SSSR count). The van der Waals surface area contributed by atoms with E-state index in [1.165, 1.54) is 18.2 Å². The summed E-state index contributed by atoms with van der Waals surface area (Å²) in [7, 11) is 3.12. The topological polar surface area (TPSA) is 78.1 Å². The van der Waals surface area contributed by atoms with E-state index in [1.54, 1.807) is 32.4 Å². The molecule has 2 aromatic rings. The van der Waals surface area contributed by atoms with Gasteiger partial charge in [0, 0.05) is 6.54 Å². The highest BCUT2D eigenvalue weighted by atomic mass is 127. The largest absolute Gasteiger partial charge is 0.573 e. The van der Waals surface area contributed by atoms with Crippen molar-refractivity contribution in [3.63, 3.8) is 0 Å². The number of benzene rings is 2. The van der Waals surface area contributed by atoms with Gasteiger partial charge in [-0.05, 0) is 42.3 Å². The lowest BCUT2D eigenvalue weighted by Crippen LogP contribution is -2.24. The Hall–Kier alpha value is -2.37. The zero-order valence-corrected chi connectivity index (χ0v) is 17.6. The summed E-state index contributed by atoms with van der Waals surface area (Å²) in [6.07, 6.45) is -4.30. The first kappa shape index (κ1) is 23.7. The SMILES string of the molecule is COc1ccc(OC)c(CCN=C(N)Nc2ccccc2OC(F)(F)F)c1.I. The number of ether oxygens (including phenoxy) is 3. The Morgan fingerprint density at radius 1 is 1.07 bits per heavy atom. The Kier molecular flexibility index (Phi) is 9.16. The average Bonchev–Trinajstić information content (AvgIpc) is 2.62. The van der Waals surface area contributed by atoms with E-state index in [0.29, 0.717) is 24.5 Å². The number of nitrogens with zero attached hydrogens (tertiary/aromatic N) is 1. The fraction of sp³-hybridized carbons (Fsp3) is 0.278. The Morgan fingerprint density at radius 3 is 2.43 bits per heavy atom. The quantitative estimate of drug-likeness (QED) is 0.331. The molecule has 2 aromatic carbocycles. The van der Waals surface area contributed by atoms with Gasteiger partial charge in [0.2, 0.25) is 0 Å². The third kappa shape index (κ3) is 7.33. The van der Waals surface area contributed by atoms with Crippen molar-refractivity contribution in [3.8, 4) is 17.2 Å². The lowest BCUT2D eigenvalue weighted by molar-refractivity contribution is -0.274. The molecule has 0 aliphatic rings. The predicted molar refractivity (Wildman–Crippen MR) is 112 cm³/mol. The van der Waals surface area contributed by atoms with E-state index < -0.39 is 12.1 Å². The number of anilines is 1. The van der Waals surface area contributed by atoms with Crippen LogP contribution in [0, 0.1) is 0 Å². The normalized spacial score (nSPS) is 11.4. The summed E-state index contributed by atoms with van der Waals surface area (Å²) in [5.41, 5.74) is 6.71. The Morgan fingerprint density at radius 2 is 1.79 bits per heavy atom. The van der Waals surface area contributed by atoms with Gasteiger partial charge in [0.05, 0.1) is 19.9 Å². The van der Waals surface area contributed by atoms with Crippen molar-refractivity contribution < 1.29 is 27.4 Å². The van der Waals surface area contributed by atoms with Crippen LogP contribution >= 0.6 is 24.0 Å². The summed E-state index contributed by atoms with van der Waals surface area (Å²) in [5, 5.41) is 2.62. The molecule has 0 saturated heterocycles. The second-order valence-electron chi connectivity index (χ2n) is 5.36. The van der Waals surface area contributed by atoms with Crippen molar-refractivity contribution in [2.24, 2.45) is 10.7 Å². The molecule has 0 fully saturated rings. The van der Waals surface area contributed by atoms with Crippen LogP contribution in [0.1, 0.15) is 5.56 Å². The maximum atomic E-state index is 12.4. The molecule has 0 spiro atoms. The van der Waals surface area contributed by atoms with E-state index in [-0.39, 0.29) is 35.6 Å². The fourth-order valence-electron chi connectivity index (χ4n) is 2.34. The molecule has 0 saturated carbocycles. The summed E-state index contributed by atoms with van der Waals surface area (Å²) in [6.45, 7) is 0.296. The molecule has 0 heterocycles. The third-order valence-electron chi connectivity index (χ3n) is 3.53. The molecule has 0 aliphatic carbocycles. The van der Waals surface area contributed by atoms with Crippen molar-refractivity contribution in [3.05, 3.63) is 48.0 Å². The monoisotopic (exact) mass is 511 g/mol. The minimum Gasteiger partial charge on any atom is -0.497 e. The van der Waals surface area contributed by atoms with E-state index in [2.05, 4.69) is 15.0 Å². The van der Waals surface area contributed by atoms with Gasteiger partial charge in [0.25, 0.3) is 0 Å². The van der Waals surface area contributed by atoms with Gasteiger partial charge in [-0.25, -0.2) is 0 Å². The van der Waals surface area contributed by atoms with Crippen molar-refractivity contribution in [2.75, 3.05) is 26.1 Å². The maximum absolute atomic E-state index is 12.4. The number of guanidine groups is 1. The summed E-state index contributed by atoms with van der Waals surface area (Å²) in [5.74, 6) is 0.938. The minimum absolute atomic E-state index is 0. The van der Waals surface area contributed by atoms with Crippen LogP contribution < -0.4 is 25.3 Å². The highest BCUT2D eigenvalue weighted by Crippen LogP contribution is 2.29. The average molecular weight is 511 g/mol. The van der Waals surface area contributed by atoms with Gasteiger partial charge in [-0.2, -0.15) is 0 Å². The highest BCUT2D eigenvalue weighted by Gasteiger charge is 2.32. The Bertz CT molecular complexity index is 801. The molecule has 0 aliphatic heterocycles. The lowest BCUT2D eigenvalue weighted by atomic mass is 10.1. The van der Waals surface area contributed by atoms with Gasteiger partial charge in [-0.3, -0.25) is 4.99 Å². The lowest BCUT2D eigenvalue weighted by Gasteiger charge is -2.14. The molecule has 0 bridgehead atoms. The highest BCUT2D eigenvalue weighted by molar-refractivity contribution is 14.0. The molecule has 0 unspecified atom stereocenters. The number of alkyl halides is 3. The number of hydrogen-bond donors (Lipinski definition) is 2. The third-order valence-corrected chi connectivity index (χ3v) is 3.53. The van der Waals surface area contributed by atoms with Gasteiger partial charge in [0.1, 0.15) is 11.5 Å². The van der Waals surface area contributed by atoms with Crippen LogP contribution in [-0.4, -0.2) is 33.1 Å². The summed E-state index contributed by atoms with van der Waals surface area (Å²) >= 11 is 0. The van der Waals surface area contributed by atoms with Crippen LogP contribution in [0.15, 0.2) is 47.5 Å². The second kappa shape index (κ2) is 10.8. The first-order valence-corrected chi connectivity index (χ1v) is 7.95. The van der Waals surface area contributed by atoms with Crippen LogP contribution in [-0.2, 0) is 6.42 Å². The van der Waals surface area contributed by atoms with Gasteiger partial charge in [-0.15, -0.1) is 37.1 Å². The van der Waals surface area contributed by atoms with E-state index >= 15 is 0 Å². The molecule has 6 nitrogen and oxygen atoms in total. The first-order valence-electron chi connectivity index (χ1n) is 7.95. The number of rotatable bonds is 7. The van der Waals surface area contributed by atoms with E-state index in [9.17, 15) is 13.2 Å². The van der Waals surface area contributed by atoms with Crippen molar-refractivity contribution in [2.45, 2.75) is 12.8 Å². The first-order chi connectivity index (χ1) is 12.8. The van der Waals surface area contributed by atoms with Gasteiger partial charge >= 0.3 is 6.36 Å². The molecule has 0 radical (unpaired) electrons. The molecule has 3 N–H and O–H groups in total. The fourth-order valence-corrected chi connectivity index (χ4v) is 2.34. The van der Waals surface area contributed by atoms with Crippen LogP contribution in [0.5, 0.6) is 17.2 Å². The van der Waals surface area contributed by atoms with Crippen molar-refractivity contribution in [1.82, 2.24) is 0 Å². The van der Waals surface area contributed by atoms with Crippen LogP contribution in [0.3, 0.4) is 0 Å². The van der Waals surface area contributed by atoms with Crippen LogP contribution in [0.4, 0.5) is 18.9 Å². The smallest absolute Gasteiger partial charge is 0.497 e. The molecular weight excluding hydrogens is 490 g/mol. The van der Waals surface area contributed by atoms with Gasteiger partial charge in [0.15, 0.2) is 11.7 Å².